The molecule has 0 radical (unpaired) electrons. The fraction of sp³-hybridized carbons (Fsp3) is 0.375. The Kier molecular flexibility index (Phi) is 4.68. The Hall–Kier alpha value is -2.19. The van der Waals surface area contributed by atoms with Gasteiger partial charge in [-0.15, -0.1) is 0 Å². The van der Waals surface area contributed by atoms with Crippen molar-refractivity contribution in [3.05, 3.63) is 36.3 Å². The maximum absolute atomic E-state index is 11.4. The summed E-state index contributed by atoms with van der Waals surface area (Å²) in [7, 11) is -3.28. The number of rotatable bonds is 7. The highest BCUT2D eigenvalue weighted by molar-refractivity contribution is 7.88. The van der Waals surface area contributed by atoms with Gasteiger partial charge in [-0.1, -0.05) is 31.5 Å². The van der Waals surface area contributed by atoms with Gasteiger partial charge < -0.3 is 4.98 Å². The van der Waals surface area contributed by atoms with Crippen molar-refractivity contribution in [2.24, 2.45) is 0 Å². The minimum atomic E-state index is -3.28. The molecule has 8 heteroatoms. The number of H-pyrrole nitrogens is 1. The number of benzene rings is 1. The predicted octanol–water partition coefficient (Wildman–Crippen LogP) is 2.28. The number of hydrogen-bond donors (Lipinski definition) is 2. The lowest BCUT2D eigenvalue weighted by Crippen LogP contribution is -2.23. The van der Waals surface area contributed by atoms with E-state index in [-0.39, 0.29) is 6.54 Å². The van der Waals surface area contributed by atoms with E-state index in [2.05, 4.69) is 26.7 Å². The molecule has 0 aliphatic heterocycles. The van der Waals surface area contributed by atoms with Crippen LogP contribution in [0.1, 0.15) is 25.6 Å². The number of para-hydroxylation sites is 1. The van der Waals surface area contributed by atoms with Crippen LogP contribution in [-0.2, 0) is 23.1 Å². The van der Waals surface area contributed by atoms with Gasteiger partial charge in [0.2, 0.25) is 10.0 Å². The second-order valence-corrected chi connectivity index (χ2v) is 7.60. The van der Waals surface area contributed by atoms with Crippen LogP contribution in [0.15, 0.2) is 30.5 Å². The van der Waals surface area contributed by atoms with Gasteiger partial charge in [-0.25, -0.2) is 22.8 Å². The Balaban J connectivity index is 1.97. The lowest BCUT2D eigenvalue weighted by molar-refractivity contribution is 0.536. The van der Waals surface area contributed by atoms with Crippen LogP contribution in [0.25, 0.3) is 22.3 Å². The third kappa shape index (κ3) is 3.65. The molecule has 0 saturated heterocycles. The molecule has 0 fully saturated rings. The number of fused-ring (bicyclic) bond motifs is 1. The molecule has 1 aromatic carbocycles. The van der Waals surface area contributed by atoms with Crippen molar-refractivity contribution in [1.82, 2.24) is 24.5 Å². The quantitative estimate of drug-likeness (QED) is 0.686. The van der Waals surface area contributed by atoms with Crippen LogP contribution in [0, 0.1) is 0 Å². The van der Waals surface area contributed by atoms with Crippen LogP contribution in [0.3, 0.4) is 0 Å². The van der Waals surface area contributed by atoms with E-state index in [9.17, 15) is 8.42 Å². The van der Waals surface area contributed by atoms with Crippen molar-refractivity contribution in [3.8, 4) is 11.4 Å². The molecule has 0 bridgehead atoms. The highest BCUT2D eigenvalue weighted by Gasteiger charge is 2.15. The fourth-order valence-corrected chi connectivity index (χ4v) is 2.95. The maximum Gasteiger partial charge on any atom is 0.209 e. The number of nitrogens with one attached hydrogen (secondary N) is 2. The lowest BCUT2D eigenvalue weighted by atomic mass is 10.2. The molecule has 0 amide bonds. The smallest absolute Gasteiger partial charge is 0.209 e. The van der Waals surface area contributed by atoms with Crippen molar-refractivity contribution in [2.45, 2.75) is 32.9 Å². The molecular weight excluding hydrogens is 326 g/mol. The van der Waals surface area contributed by atoms with E-state index in [1.807, 2.05) is 30.5 Å². The third-order valence-electron chi connectivity index (χ3n) is 3.79. The van der Waals surface area contributed by atoms with Gasteiger partial charge in [0.1, 0.15) is 5.82 Å². The Morgan fingerprint density at radius 2 is 2.08 bits per heavy atom. The van der Waals surface area contributed by atoms with Gasteiger partial charge in [-0.2, -0.15) is 5.10 Å². The third-order valence-corrected chi connectivity index (χ3v) is 4.46. The zero-order valence-electron chi connectivity index (χ0n) is 13.8. The summed E-state index contributed by atoms with van der Waals surface area (Å²) < 4.78 is 27.0. The number of aromatic amines is 1. The molecule has 2 aromatic heterocycles. The molecule has 128 valence electrons. The number of aryl methyl sites for hydroxylation is 1. The summed E-state index contributed by atoms with van der Waals surface area (Å²) in [5.74, 6) is 1.23. The highest BCUT2D eigenvalue weighted by atomic mass is 32.2. The second kappa shape index (κ2) is 6.74. The Morgan fingerprint density at radius 3 is 2.83 bits per heavy atom. The van der Waals surface area contributed by atoms with Crippen LogP contribution < -0.4 is 4.72 Å². The van der Waals surface area contributed by atoms with Crippen molar-refractivity contribution in [1.29, 1.82) is 0 Å². The van der Waals surface area contributed by atoms with Crippen molar-refractivity contribution in [2.75, 3.05) is 6.26 Å². The van der Waals surface area contributed by atoms with Crippen molar-refractivity contribution >= 4 is 20.9 Å². The van der Waals surface area contributed by atoms with Crippen LogP contribution in [-0.4, -0.2) is 34.4 Å². The summed E-state index contributed by atoms with van der Waals surface area (Å²) in [6.07, 6.45) is 5.02. The molecule has 7 nitrogen and oxygen atoms in total. The molecule has 0 aliphatic rings. The van der Waals surface area contributed by atoms with Gasteiger partial charge in [0, 0.05) is 29.2 Å². The van der Waals surface area contributed by atoms with Gasteiger partial charge in [-0.05, 0) is 12.5 Å². The molecule has 0 atom stereocenters. The van der Waals surface area contributed by atoms with Crippen molar-refractivity contribution in [3.63, 3.8) is 0 Å². The van der Waals surface area contributed by atoms with E-state index in [0.717, 1.165) is 35.6 Å². The Morgan fingerprint density at radius 1 is 1.29 bits per heavy atom. The summed E-state index contributed by atoms with van der Waals surface area (Å²) in [5, 5.41) is 5.64. The van der Waals surface area contributed by atoms with Crippen LogP contribution in [0.2, 0.25) is 0 Å². The zero-order valence-corrected chi connectivity index (χ0v) is 14.6. The first-order valence-corrected chi connectivity index (χ1v) is 9.82. The van der Waals surface area contributed by atoms with Gasteiger partial charge in [0.05, 0.1) is 12.8 Å². The topological polar surface area (TPSA) is 92.7 Å². The first-order chi connectivity index (χ1) is 11.5. The number of sulfonamides is 1. The van der Waals surface area contributed by atoms with Crippen LogP contribution in [0.4, 0.5) is 0 Å². The predicted molar refractivity (Wildman–Crippen MR) is 93.9 cm³/mol. The number of unbranched alkanes of at least 4 members (excludes halogenated alkanes) is 1. The SMILES string of the molecule is CCCCn1nc(-c2c[nH]c3ccccc23)nc1CNS(C)(=O)=O. The summed E-state index contributed by atoms with van der Waals surface area (Å²) in [6.45, 7) is 2.95. The van der Waals surface area contributed by atoms with Gasteiger partial charge in [-0.3, -0.25) is 0 Å². The number of nitrogens with zero attached hydrogens (tertiary/aromatic N) is 3. The maximum atomic E-state index is 11.4. The molecule has 3 rings (SSSR count). The Labute approximate surface area is 141 Å². The average molecular weight is 347 g/mol. The van der Waals surface area contributed by atoms with E-state index in [1.54, 1.807) is 4.68 Å². The monoisotopic (exact) mass is 347 g/mol. The summed E-state index contributed by atoms with van der Waals surface area (Å²) in [6, 6.07) is 7.96. The molecule has 2 heterocycles. The van der Waals surface area contributed by atoms with E-state index in [1.165, 1.54) is 0 Å². The first-order valence-electron chi connectivity index (χ1n) is 7.93. The molecule has 3 aromatic rings. The van der Waals surface area contributed by atoms with E-state index < -0.39 is 10.0 Å². The number of hydrogen-bond acceptors (Lipinski definition) is 4. The zero-order chi connectivity index (χ0) is 17.2. The van der Waals surface area contributed by atoms with Gasteiger partial charge in [0.15, 0.2) is 5.82 Å². The molecule has 0 aliphatic carbocycles. The van der Waals surface area contributed by atoms with E-state index in [0.29, 0.717) is 18.2 Å². The fourth-order valence-electron chi connectivity index (χ4n) is 2.56. The first kappa shape index (κ1) is 16.7. The molecule has 0 saturated carbocycles. The standard InChI is InChI=1S/C16H21N5O2S/c1-3-4-9-21-15(11-18-24(2,22)23)19-16(20-21)13-10-17-14-8-6-5-7-12(13)14/h5-8,10,17-18H,3-4,9,11H2,1-2H3. The largest absolute Gasteiger partial charge is 0.360 e. The molecule has 2 N–H and O–H groups in total. The lowest BCUT2D eigenvalue weighted by Gasteiger charge is -2.05. The van der Waals surface area contributed by atoms with Crippen molar-refractivity contribution < 1.29 is 8.42 Å². The molecule has 0 spiro atoms. The summed E-state index contributed by atoms with van der Waals surface area (Å²) >= 11 is 0. The Bertz CT molecular complexity index is 942. The number of aromatic nitrogens is 4. The molecular formula is C16H21N5O2S. The van der Waals surface area contributed by atoms with Gasteiger partial charge >= 0.3 is 0 Å². The second-order valence-electron chi connectivity index (χ2n) is 5.77. The normalized spacial score (nSPS) is 12.1. The average Bonchev–Trinajstić information content (AvgIpc) is 3.14. The molecule has 0 unspecified atom stereocenters. The minimum absolute atomic E-state index is 0.137. The summed E-state index contributed by atoms with van der Waals surface area (Å²) in [5.41, 5.74) is 1.94. The minimum Gasteiger partial charge on any atom is -0.360 e. The van der Waals surface area contributed by atoms with Crippen LogP contribution in [0.5, 0.6) is 0 Å². The van der Waals surface area contributed by atoms with E-state index in [4.69, 9.17) is 0 Å². The van der Waals surface area contributed by atoms with Crippen LogP contribution >= 0.6 is 0 Å². The van der Waals surface area contributed by atoms with Gasteiger partial charge in [0.25, 0.3) is 0 Å². The summed E-state index contributed by atoms with van der Waals surface area (Å²) in [4.78, 5) is 7.78. The van der Waals surface area contributed by atoms with E-state index >= 15 is 0 Å². The highest BCUT2D eigenvalue weighted by Crippen LogP contribution is 2.26. The molecule has 24 heavy (non-hydrogen) atoms.